The van der Waals surface area contributed by atoms with E-state index in [1.165, 1.54) is 35.2 Å². The highest BCUT2D eigenvalue weighted by molar-refractivity contribution is 8.00. The van der Waals surface area contributed by atoms with Crippen LogP contribution in [0.4, 0.5) is 5.13 Å². The number of pyridine rings is 1. The van der Waals surface area contributed by atoms with Crippen LogP contribution >= 0.6 is 23.1 Å². The SMILES string of the molecule is CCC(Sc1cc(C)c2cccc(C)c2n1)C(=O)Nc1nc2ccc(S(N)(=O)=O)cc2s1. The number of carbonyl (C=O) groups excluding carboxylic acids is 1. The van der Waals surface area contributed by atoms with E-state index < -0.39 is 10.0 Å². The van der Waals surface area contributed by atoms with Gasteiger partial charge >= 0.3 is 0 Å². The predicted molar refractivity (Wildman–Crippen MR) is 131 cm³/mol. The number of nitrogens with zero attached hydrogens (tertiary/aromatic N) is 2. The predicted octanol–water partition coefficient (Wildman–Crippen LogP) is 4.62. The number of sulfonamides is 1. The van der Waals surface area contributed by atoms with Gasteiger partial charge in [-0.25, -0.2) is 23.5 Å². The van der Waals surface area contributed by atoms with Gasteiger partial charge in [0.25, 0.3) is 0 Å². The topological polar surface area (TPSA) is 115 Å². The number of rotatable bonds is 6. The summed E-state index contributed by atoms with van der Waals surface area (Å²) >= 11 is 2.63. The molecule has 32 heavy (non-hydrogen) atoms. The first kappa shape index (κ1) is 22.7. The molecule has 0 aliphatic carbocycles. The van der Waals surface area contributed by atoms with Gasteiger partial charge in [0.05, 0.1) is 30.9 Å². The van der Waals surface area contributed by atoms with Crippen molar-refractivity contribution in [2.24, 2.45) is 5.14 Å². The number of para-hydroxylation sites is 1. The van der Waals surface area contributed by atoms with Crippen LogP contribution in [-0.4, -0.2) is 29.5 Å². The molecule has 0 saturated carbocycles. The second-order valence-electron chi connectivity index (χ2n) is 7.45. The van der Waals surface area contributed by atoms with E-state index in [4.69, 9.17) is 10.1 Å². The smallest absolute Gasteiger partial charge is 0.239 e. The molecule has 1 atom stereocenters. The summed E-state index contributed by atoms with van der Waals surface area (Å²) in [5, 5.41) is 10.0. The Morgan fingerprint density at radius 1 is 1.16 bits per heavy atom. The largest absolute Gasteiger partial charge is 0.301 e. The Hall–Kier alpha value is -2.53. The van der Waals surface area contributed by atoms with E-state index in [2.05, 4.69) is 16.4 Å². The molecule has 0 saturated heterocycles. The lowest BCUT2D eigenvalue weighted by molar-refractivity contribution is -0.115. The fourth-order valence-corrected chi connectivity index (χ4v) is 5.92. The van der Waals surface area contributed by atoms with Crippen LogP contribution in [0.15, 0.2) is 52.4 Å². The summed E-state index contributed by atoms with van der Waals surface area (Å²) in [7, 11) is -3.80. The van der Waals surface area contributed by atoms with Crippen molar-refractivity contribution in [1.29, 1.82) is 0 Å². The quantitative estimate of drug-likeness (QED) is 0.384. The van der Waals surface area contributed by atoms with E-state index in [-0.39, 0.29) is 16.1 Å². The number of primary sulfonamides is 1. The van der Waals surface area contributed by atoms with Gasteiger partial charge in [-0.2, -0.15) is 0 Å². The van der Waals surface area contributed by atoms with E-state index in [9.17, 15) is 13.2 Å². The Balaban J connectivity index is 1.56. The molecule has 7 nitrogen and oxygen atoms in total. The Labute approximate surface area is 194 Å². The third kappa shape index (κ3) is 4.63. The van der Waals surface area contributed by atoms with E-state index in [1.807, 2.05) is 39.0 Å². The number of nitrogens with two attached hydrogens (primary N) is 1. The maximum Gasteiger partial charge on any atom is 0.239 e. The first-order valence-corrected chi connectivity index (χ1v) is 13.2. The summed E-state index contributed by atoms with van der Waals surface area (Å²) in [4.78, 5) is 22.1. The molecule has 2 heterocycles. The Bertz CT molecular complexity index is 1450. The van der Waals surface area contributed by atoms with Crippen molar-refractivity contribution in [3.8, 4) is 0 Å². The molecule has 0 aliphatic heterocycles. The molecule has 0 radical (unpaired) electrons. The zero-order valence-electron chi connectivity index (χ0n) is 17.7. The molecule has 0 aliphatic rings. The molecule has 1 amide bonds. The lowest BCUT2D eigenvalue weighted by Crippen LogP contribution is -2.24. The first-order chi connectivity index (χ1) is 15.2. The van der Waals surface area contributed by atoms with Gasteiger partial charge in [-0.05, 0) is 55.7 Å². The van der Waals surface area contributed by atoms with Crippen molar-refractivity contribution in [2.75, 3.05) is 5.32 Å². The molecule has 10 heteroatoms. The van der Waals surface area contributed by atoms with Crippen LogP contribution in [-0.2, 0) is 14.8 Å². The van der Waals surface area contributed by atoms with E-state index >= 15 is 0 Å². The minimum absolute atomic E-state index is 0.0153. The van der Waals surface area contributed by atoms with Crippen molar-refractivity contribution in [2.45, 2.75) is 42.4 Å². The third-order valence-electron chi connectivity index (χ3n) is 5.07. The Kier molecular flexibility index (Phi) is 6.22. The maximum atomic E-state index is 13.0. The van der Waals surface area contributed by atoms with E-state index in [0.717, 1.165) is 27.1 Å². The number of thioether (sulfide) groups is 1. The number of fused-ring (bicyclic) bond motifs is 2. The average molecular weight is 487 g/mol. The standard InChI is InChI=1S/C22H22N4O3S3/c1-4-17(30-19-10-13(3)15-7-5-6-12(2)20(15)25-19)21(27)26-22-24-16-9-8-14(32(23,28)29)11-18(16)31-22/h5-11,17H,4H2,1-3H3,(H2,23,28,29)(H,24,26,27). The van der Waals surface area contributed by atoms with Gasteiger partial charge in [0.1, 0.15) is 0 Å². The third-order valence-corrected chi connectivity index (χ3v) is 8.20. The molecule has 3 N–H and O–H groups in total. The first-order valence-electron chi connectivity index (χ1n) is 9.93. The van der Waals surface area contributed by atoms with E-state index in [1.54, 1.807) is 6.07 Å². The molecule has 0 fully saturated rings. The summed E-state index contributed by atoms with van der Waals surface area (Å²) in [6.07, 6.45) is 0.615. The zero-order chi connectivity index (χ0) is 23.0. The molecule has 0 spiro atoms. The lowest BCUT2D eigenvalue weighted by atomic mass is 10.1. The molecule has 4 aromatic rings. The summed E-state index contributed by atoms with van der Waals surface area (Å²) in [5.41, 5.74) is 3.76. The number of anilines is 1. The van der Waals surface area contributed by atoms with Crippen LogP contribution in [0.25, 0.3) is 21.1 Å². The van der Waals surface area contributed by atoms with Gasteiger partial charge in [0.2, 0.25) is 15.9 Å². The summed E-state index contributed by atoms with van der Waals surface area (Å²) in [5.74, 6) is -0.174. The fourth-order valence-electron chi connectivity index (χ4n) is 3.38. The van der Waals surface area contributed by atoms with Crippen LogP contribution in [0.1, 0.15) is 24.5 Å². The molecular formula is C22H22N4O3S3. The highest BCUT2D eigenvalue weighted by Gasteiger charge is 2.21. The average Bonchev–Trinajstić information content (AvgIpc) is 3.13. The number of carbonyl (C=O) groups is 1. The van der Waals surface area contributed by atoms with Crippen LogP contribution in [0.5, 0.6) is 0 Å². The van der Waals surface area contributed by atoms with Crippen LogP contribution < -0.4 is 10.5 Å². The monoisotopic (exact) mass is 486 g/mol. The number of benzene rings is 2. The molecular weight excluding hydrogens is 464 g/mol. The number of aryl methyl sites for hydroxylation is 2. The number of hydrogen-bond acceptors (Lipinski definition) is 7. The molecule has 166 valence electrons. The fraction of sp³-hybridized carbons (Fsp3) is 0.227. The highest BCUT2D eigenvalue weighted by atomic mass is 32.2. The number of nitrogens with one attached hydrogen (secondary N) is 1. The van der Waals surface area contributed by atoms with Gasteiger partial charge in [0, 0.05) is 5.39 Å². The van der Waals surface area contributed by atoms with Crippen LogP contribution in [0.2, 0.25) is 0 Å². The zero-order valence-corrected chi connectivity index (χ0v) is 20.2. The van der Waals surface area contributed by atoms with Gasteiger partial charge < -0.3 is 5.32 Å². The van der Waals surface area contributed by atoms with E-state index in [0.29, 0.717) is 21.8 Å². The van der Waals surface area contributed by atoms with Crippen molar-refractivity contribution in [3.63, 3.8) is 0 Å². The van der Waals surface area contributed by atoms with Crippen molar-refractivity contribution in [1.82, 2.24) is 9.97 Å². The molecule has 4 rings (SSSR count). The summed E-state index contributed by atoms with van der Waals surface area (Å²) < 4.78 is 23.8. The van der Waals surface area contributed by atoms with Gasteiger partial charge in [0.15, 0.2) is 5.13 Å². The number of aromatic nitrogens is 2. The number of thiazole rings is 1. The van der Waals surface area contributed by atoms with Crippen LogP contribution in [0, 0.1) is 13.8 Å². The second kappa shape index (κ2) is 8.78. The van der Waals surface area contributed by atoms with Gasteiger partial charge in [-0.3, -0.25) is 4.79 Å². The minimum Gasteiger partial charge on any atom is -0.301 e. The van der Waals surface area contributed by atoms with Crippen molar-refractivity contribution < 1.29 is 13.2 Å². The molecule has 1 unspecified atom stereocenters. The van der Waals surface area contributed by atoms with Gasteiger partial charge in [-0.15, -0.1) is 0 Å². The second-order valence-corrected chi connectivity index (χ2v) is 11.3. The minimum atomic E-state index is -3.80. The Morgan fingerprint density at radius 2 is 1.94 bits per heavy atom. The molecule has 2 aromatic carbocycles. The summed E-state index contributed by atoms with van der Waals surface area (Å²) in [6.45, 7) is 6.03. The highest BCUT2D eigenvalue weighted by Crippen LogP contribution is 2.32. The van der Waals surface area contributed by atoms with Crippen molar-refractivity contribution in [3.05, 3.63) is 53.6 Å². The van der Waals surface area contributed by atoms with Crippen LogP contribution in [0.3, 0.4) is 0 Å². The molecule has 0 bridgehead atoms. The van der Waals surface area contributed by atoms with Gasteiger partial charge in [-0.1, -0.05) is 48.2 Å². The number of amides is 1. The Morgan fingerprint density at radius 3 is 2.66 bits per heavy atom. The number of hydrogen-bond donors (Lipinski definition) is 2. The molecule has 2 aromatic heterocycles. The van der Waals surface area contributed by atoms with Crippen molar-refractivity contribution >= 4 is 65.3 Å². The normalized spacial score (nSPS) is 12.9. The maximum absolute atomic E-state index is 13.0. The lowest BCUT2D eigenvalue weighted by Gasteiger charge is -2.14. The summed E-state index contributed by atoms with van der Waals surface area (Å²) in [6, 6.07) is 12.6.